The van der Waals surface area contributed by atoms with Crippen molar-refractivity contribution < 1.29 is 23.5 Å². The molecule has 190 valence electrons. The first-order chi connectivity index (χ1) is 17.0. The van der Waals surface area contributed by atoms with Crippen LogP contribution in [0.2, 0.25) is 5.02 Å². The number of aromatic nitrogens is 1. The van der Waals surface area contributed by atoms with E-state index in [1.165, 1.54) is 23.5 Å². The lowest BCUT2D eigenvalue weighted by Crippen LogP contribution is -2.72. The maximum absolute atomic E-state index is 14.0. The molecular formula is C23H23ClF2N6O3S. The van der Waals surface area contributed by atoms with Gasteiger partial charge in [-0.3, -0.25) is 9.69 Å². The molecule has 2 aliphatic heterocycles. The van der Waals surface area contributed by atoms with Gasteiger partial charge >= 0.3 is 5.97 Å². The lowest BCUT2D eigenvalue weighted by Gasteiger charge is -2.48. The Hall–Kier alpha value is -3.22. The molecule has 5 N–H and O–H groups in total. The predicted octanol–water partition coefficient (Wildman–Crippen LogP) is 3.86. The molecule has 2 atom stereocenters. The topological polar surface area (TPSA) is 124 Å². The number of amides is 1. The molecule has 3 aromatic rings. The second-order valence-electron chi connectivity index (χ2n) is 8.94. The third-order valence-corrected chi connectivity index (χ3v) is 7.84. The van der Waals surface area contributed by atoms with Crippen LogP contribution < -0.4 is 21.3 Å². The van der Waals surface area contributed by atoms with E-state index in [2.05, 4.69) is 15.6 Å². The van der Waals surface area contributed by atoms with Crippen LogP contribution in [-0.2, 0) is 4.79 Å². The van der Waals surface area contributed by atoms with Crippen LogP contribution in [0.4, 0.5) is 25.3 Å². The molecule has 2 aromatic carbocycles. The summed E-state index contributed by atoms with van der Waals surface area (Å²) in [5.74, 6) is -6.11. The molecular weight excluding hydrogens is 514 g/mol. The fourth-order valence-corrected chi connectivity index (χ4v) is 6.05. The average Bonchev–Trinajstić information content (AvgIpc) is 3.32. The summed E-state index contributed by atoms with van der Waals surface area (Å²) < 4.78 is 28.7. The van der Waals surface area contributed by atoms with Crippen molar-refractivity contribution in [1.82, 2.24) is 9.88 Å². The number of thiazole rings is 1. The molecule has 1 saturated heterocycles. The first kappa shape index (κ1) is 24.5. The molecule has 1 aromatic heterocycles. The first-order valence-electron chi connectivity index (χ1n) is 11.1. The van der Waals surface area contributed by atoms with Gasteiger partial charge in [-0.2, -0.15) is 0 Å². The largest absolute Gasteiger partial charge is 0.478 e. The molecule has 0 saturated carbocycles. The smallest absolute Gasteiger partial charge is 0.335 e. The molecule has 5 rings (SSSR count). The quantitative estimate of drug-likeness (QED) is 0.374. The minimum Gasteiger partial charge on any atom is -0.478 e. The van der Waals surface area contributed by atoms with Gasteiger partial charge in [0.2, 0.25) is 11.7 Å². The number of hydrogen-bond acceptors (Lipinski definition) is 8. The van der Waals surface area contributed by atoms with Crippen molar-refractivity contribution in [2.24, 2.45) is 5.73 Å². The number of nitrogens with zero attached hydrogens (tertiary/aromatic N) is 3. The Balaban J connectivity index is 1.61. The van der Waals surface area contributed by atoms with E-state index in [0.717, 1.165) is 4.70 Å². The number of fused-ring (bicyclic) bond motifs is 2. The van der Waals surface area contributed by atoms with E-state index in [9.17, 15) is 23.5 Å². The van der Waals surface area contributed by atoms with Crippen LogP contribution in [-0.4, -0.2) is 64.8 Å². The van der Waals surface area contributed by atoms with Gasteiger partial charge in [0.15, 0.2) is 11.2 Å². The standard InChI is InChI=1S/C23H23ClF2N6O3S/c1-31-16-5-2-12(20(34)35)10-15(16)29-23(31,18(19(27)33)32-8-6-22(25,26)7-9-32)30-21-28-14-4-3-13(24)11-17(14)36-21/h2-5,10-11,18,29H,6-9H2,1H3,(H2,27,33)(H,28,30)(H,34,35). The van der Waals surface area contributed by atoms with Gasteiger partial charge in [0, 0.05) is 38.0 Å². The molecule has 9 nitrogen and oxygen atoms in total. The number of alkyl halides is 2. The average molecular weight is 537 g/mol. The van der Waals surface area contributed by atoms with Crippen molar-refractivity contribution in [3.63, 3.8) is 0 Å². The Morgan fingerprint density at radius 1 is 1.25 bits per heavy atom. The van der Waals surface area contributed by atoms with E-state index in [4.69, 9.17) is 17.3 Å². The number of primary amides is 1. The molecule has 0 radical (unpaired) electrons. The van der Waals surface area contributed by atoms with Crippen LogP contribution in [0.5, 0.6) is 0 Å². The number of piperidine rings is 1. The number of nitrogens with two attached hydrogens (primary N) is 1. The summed E-state index contributed by atoms with van der Waals surface area (Å²) in [7, 11) is 1.71. The van der Waals surface area contributed by atoms with Gasteiger partial charge in [-0.25, -0.2) is 18.6 Å². The number of carbonyl (C=O) groups is 2. The zero-order chi connectivity index (χ0) is 25.8. The number of nitrogens with one attached hydrogen (secondary N) is 2. The molecule has 2 unspecified atom stereocenters. The number of benzene rings is 2. The van der Waals surface area contributed by atoms with Crippen molar-refractivity contribution in [2.45, 2.75) is 30.6 Å². The van der Waals surface area contributed by atoms with Crippen LogP contribution in [0.1, 0.15) is 23.2 Å². The highest BCUT2D eigenvalue weighted by Gasteiger charge is 2.55. The van der Waals surface area contributed by atoms with E-state index in [0.29, 0.717) is 27.0 Å². The fourth-order valence-electron chi connectivity index (χ4n) is 4.85. The van der Waals surface area contributed by atoms with E-state index in [1.54, 1.807) is 41.1 Å². The molecule has 1 fully saturated rings. The second-order valence-corrected chi connectivity index (χ2v) is 10.4. The van der Waals surface area contributed by atoms with Gasteiger partial charge in [0.1, 0.15) is 0 Å². The summed E-state index contributed by atoms with van der Waals surface area (Å²) in [4.78, 5) is 32.5. The number of carboxylic acid groups (broad SMARTS) is 1. The summed E-state index contributed by atoms with van der Waals surface area (Å²) in [6.07, 6.45) is -0.821. The number of carbonyl (C=O) groups excluding carboxylic acids is 1. The Labute approximate surface area is 213 Å². The summed E-state index contributed by atoms with van der Waals surface area (Å²) >= 11 is 7.43. The zero-order valence-corrected chi connectivity index (χ0v) is 20.7. The number of anilines is 3. The minimum absolute atomic E-state index is 0.0494. The fraction of sp³-hybridized carbons (Fsp3) is 0.348. The van der Waals surface area contributed by atoms with Crippen molar-refractivity contribution in [3.05, 3.63) is 47.0 Å². The molecule has 0 spiro atoms. The molecule has 0 aliphatic carbocycles. The molecule has 13 heteroatoms. The third-order valence-electron chi connectivity index (χ3n) is 6.67. The van der Waals surface area contributed by atoms with Crippen LogP contribution in [0, 0.1) is 0 Å². The van der Waals surface area contributed by atoms with E-state index in [1.807, 2.05) is 0 Å². The van der Waals surface area contributed by atoms with Crippen LogP contribution in [0.25, 0.3) is 10.2 Å². The predicted molar refractivity (Wildman–Crippen MR) is 135 cm³/mol. The lowest BCUT2D eigenvalue weighted by atomic mass is 9.99. The van der Waals surface area contributed by atoms with E-state index >= 15 is 0 Å². The SMILES string of the molecule is CN1c2ccc(C(=O)O)cc2NC1(Nc1nc2ccc(Cl)cc2s1)C(C(N)=O)N1CCC(F)(F)CC1. The minimum atomic E-state index is -2.82. The van der Waals surface area contributed by atoms with Gasteiger partial charge in [-0.15, -0.1) is 0 Å². The molecule has 2 aliphatic rings. The number of aromatic carboxylic acids is 1. The summed E-state index contributed by atoms with van der Waals surface area (Å²) in [5.41, 5.74) is 7.70. The highest BCUT2D eigenvalue weighted by atomic mass is 35.5. The van der Waals surface area contributed by atoms with Gasteiger partial charge in [-0.1, -0.05) is 22.9 Å². The van der Waals surface area contributed by atoms with E-state index < -0.39 is 42.5 Å². The van der Waals surface area contributed by atoms with E-state index in [-0.39, 0.29) is 18.7 Å². The number of likely N-dealkylation sites (tertiary alicyclic amines) is 1. The highest BCUT2D eigenvalue weighted by molar-refractivity contribution is 7.22. The van der Waals surface area contributed by atoms with Gasteiger partial charge in [0.05, 0.1) is 27.2 Å². The summed E-state index contributed by atoms with van der Waals surface area (Å²) in [6, 6.07) is 8.67. The van der Waals surface area contributed by atoms with Gasteiger partial charge in [-0.05, 0) is 36.4 Å². The Kier molecular flexibility index (Phi) is 5.92. The molecule has 1 amide bonds. The van der Waals surface area contributed by atoms with Crippen molar-refractivity contribution in [3.8, 4) is 0 Å². The van der Waals surface area contributed by atoms with Crippen molar-refractivity contribution in [1.29, 1.82) is 0 Å². The number of hydrogen-bond donors (Lipinski definition) is 4. The summed E-state index contributed by atoms with van der Waals surface area (Å²) in [6.45, 7) is -0.0997. The number of halogens is 3. The number of rotatable bonds is 6. The second kappa shape index (κ2) is 8.71. The molecule has 0 bridgehead atoms. The zero-order valence-electron chi connectivity index (χ0n) is 19.1. The number of likely N-dealkylation sites (N-methyl/N-ethyl adjacent to an activating group) is 1. The Bertz CT molecular complexity index is 1360. The maximum atomic E-state index is 14.0. The summed E-state index contributed by atoms with van der Waals surface area (Å²) in [5, 5.41) is 17.0. The first-order valence-corrected chi connectivity index (χ1v) is 12.3. The van der Waals surface area contributed by atoms with Crippen molar-refractivity contribution >= 4 is 61.5 Å². The number of carboxylic acids is 1. The molecule has 3 heterocycles. The third kappa shape index (κ3) is 4.18. The lowest BCUT2D eigenvalue weighted by molar-refractivity contribution is -0.129. The molecule has 36 heavy (non-hydrogen) atoms. The van der Waals surface area contributed by atoms with Crippen LogP contribution >= 0.6 is 22.9 Å². The highest BCUT2D eigenvalue weighted by Crippen LogP contribution is 2.44. The van der Waals surface area contributed by atoms with Crippen LogP contribution in [0.15, 0.2) is 36.4 Å². The Morgan fingerprint density at radius 3 is 2.64 bits per heavy atom. The van der Waals surface area contributed by atoms with Crippen LogP contribution in [0.3, 0.4) is 0 Å². The monoisotopic (exact) mass is 536 g/mol. The maximum Gasteiger partial charge on any atom is 0.335 e. The van der Waals surface area contributed by atoms with Gasteiger partial charge < -0.3 is 26.4 Å². The normalized spacial score (nSPS) is 22.2. The van der Waals surface area contributed by atoms with Crippen molar-refractivity contribution in [2.75, 3.05) is 35.7 Å². The van der Waals surface area contributed by atoms with Gasteiger partial charge in [0.25, 0.3) is 5.92 Å². The Morgan fingerprint density at radius 2 is 1.97 bits per heavy atom.